The Morgan fingerprint density at radius 1 is 2.00 bits per heavy atom. The van der Waals surface area contributed by atoms with E-state index in [9.17, 15) is 0 Å². The fraction of sp³-hybridized carbons (Fsp3) is 0.333. The summed E-state index contributed by atoms with van der Waals surface area (Å²) in [6, 6.07) is 0. The van der Waals surface area contributed by atoms with Crippen LogP contribution in [0.4, 0.5) is 0 Å². The Hall–Kier alpha value is -0.660. The Morgan fingerprint density at radius 3 is 2.60 bits per heavy atom. The van der Waals surface area contributed by atoms with Gasteiger partial charge in [-0.2, -0.15) is 0 Å². The van der Waals surface area contributed by atoms with Crippen molar-refractivity contribution in [1.82, 2.24) is 0 Å². The van der Waals surface area contributed by atoms with Crippen LogP contribution in [0.5, 0.6) is 0 Å². The van der Waals surface area contributed by atoms with Gasteiger partial charge in [-0.3, -0.25) is 9.79 Å². The molecular weight excluding hydrogens is 66.0 g/mol. The summed E-state index contributed by atoms with van der Waals surface area (Å²) in [6.45, 7) is 0. The third-order valence-corrected chi connectivity index (χ3v) is 0.182. The van der Waals surface area contributed by atoms with Crippen molar-refractivity contribution in [3.63, 3.8) is 0 Å². The van der Waals surface area contributed by atoms with Crippen LogP contribution in [-0.4, -0.2) is 19.5 Å². The van der Waals surface area contributed by atoms with E-state index in [0.29, 0.717) is 0 Å². The maximum absolute atomic E-state index is 9.13. The molecule has 2 nitrogen and oxygen atoms in total. The number of carbonyl (C=O) groups excluding carboxylic acids is 1. The Labute approximate surface area is 30.5 Å². The maximum atomic E-state index is 9.13. The van der Waals surface area contributed by atoms with E-state index < -0.39 is 0 Å². The Kier molecular flexibility index (Phi) is 2.90. The van der Waals surface area contributed by atoms with Gasteiger partial charge in [-0.1, -0.05) is 0 Å². The number of aliphatic imine (C=N–C) groups is 1. The number of hydrogen-bond acceptors (Lipinski definition) is 2. The van der Waals surface area contributed by atoms with E-state index in [-0.39, 0.29) is 0 Å². The highest BCUT2D eigenvalue weighted by Crippen LogP contribution is 1.38. The van der Waals surface area contributed by atoms with E-state index in [2.05, 4.69) is 4.99 Å². The summed E-state index contributed by atoms with van der Waals surface area (Å²) >= 11 is 0. The van der Waals surface area contributed by atoms with Crippen molar-refractivity contribution in [1.29, 1.82) is 0 Å². The Bertz CT molecular complexity index is 48.9. The van der Waals surface area contributed by atoms with Crippen LogP contribution in [0.1, 0.15) is 0 Å². The third kappa shape index (κ3) is 3.34. The standard InChI is InChI=1S/C3H4NO/c1-4-2-3-5/h2H,1H3. The molecule has 0 heterocycles. The summed E-state index contributed by atoms with van der Waals surface area (Å²) in [5.74, 6) is 0. The van der Waals surface area contributed by atoms with Crippen molar-refractivity contribution >= 4 is 12.5 Å². The van der Waals surface area contributed by atoms with Gasteiger partial charge in [-0.15, -0.1) is 0 Å². The molecule has 0 spiro atoms. The number of nitrogens with zero attached hydrogens (tertiary/aromatic N) is 1. The van der Waals surface area contributed by atoms with Gasteiger partial charge in [0.2, 0.25) is 6.29 Å². The van der Waals surface area contributed by atoms with Crippen LogP contribution < -0.4 is 0 Å². The van der Waals surface area contributed by atoms with Crippen molar-refractivity contribution in [2.24, 2.45) is 4.99 Å². The van der Waals surface area contributed by atoms with Crippen LogP contribution in [0.3, 0.4) is 0 Å². The third-order valence-electron chi connectivity index (χ3n) is 0.182. The molecule has 0 unspecified atom stereocenters. The molecule has 0 N–H and O–H groups in total. The van der Waals surface area contributed by atoms with Crippen LogP contribution in [0.25, 0.3) is 0 Å². The second-order valence-electron chi connectivity index (χ2n) is 0.505. The van der Waals surface area contributed by atoms with Gasteiger partial charge >= 0.3 is 0 Å². The lowest BCUT2D eigenvalue weighted by Gasteiger charge is -1.52. The minimum absolute atomic E-state index is 1.07. The van der Waals surface area contributed by atoms with Crippen molar-refractivity contribution in [3.05, 3.63) is 0 Å². The molecule has 2 heteroatoms. The van der Waals surface area contributed by atoms with Gasteiger partial charge in [-0.25, -0.2) is 0 Å². The molecule has 0 aromatic heterocycles. The molecule has 0 fully saturated rings. The molecule has 0 saturated carbocycles. The molecule has 0 saturated heterocycles. The fourth-order valence-corrected chi connectivity index (χ4v) is 0.0527. The van der Waals surface area contributed by atoms with Gasteiger partial charge in [0, 0.05) is 7.05 Å². The predicted octanol–water partition coefficient (Wildman–Crippen LogP) is -0.203. The molecule has 27 valence electrons. The summed E-state index contributed by atoms with van der Waals surface area (Å²) in [5.41, 5.74) is 0. The van der Waals surface area contributed by atoms with Crippen molar-refractivity contribution in [3.8, 4) is 0 Å². The first kappa shape index (κ1) is 4.34. The van der Waals surface area contributed by atoms with E-state index >= 15 is 0 Å². The predicted molar refractivity (Wildman–Crippen MR) is 20.1 cm³/mol. The lowest BCUT2D eigenvalue weighted by Crippen LogP contribution is -1.66. The zero-order valence-electron chi connectivity index (χ0n) is 2.93. The van der Waals surface area contributed by atoms with E-state index in [0.717, 1.165) is 6.21 Å². The molecule has 0 atom stereocenters. The van der Waals surface area contributed by atoms with Gasteiger partial charge in [-0.05, 0) is 0 Å². The fourth-order valence-electron chi connectivity index (χ4n) is 0.0527. The van der Waals surface area contributed by atoms with E-state index in [4.69, 9.17) is 4.79 Å². The second kappa shape index (κ2) is 3.34. The molecular formula is C3H4NO. The van der Waals surface area contributed by atoms with Gasteiger partial charge in [0.1, 0.15) is 0 Å². The summed E-state index contributed by atoms with van der Waals surface area (Å²) in [7, 11) is 1.52. The Morgan fingerprint density at radius 2 is 2.60 bits per heavy atom. The normalized spacial score (nSPS) is 9.00. The molecule has 0 amide bonds. The first-order chi connectivity index (χ1) is 2.41. The van der Waals surface area contributed by atoms with Crippen molar-refractivity contribution in [2.75, 3.05) is 7.05 Å². The minimum atomic E-state index is 1.07. The summed E-state index contributed by atoms with van der Waals surface area (Å²) in [4.78, 5) is 12.4. The Balaban J connectivity index is 2.92. The largest absolute Gasteiger partial charge is 0.292 e. The average Bonchev–Trinajstić information content (AvgIpc) is 1.41. The van der Waals surface area contributed by atoms with Gasteiger partial charge < -0.3 is 0 Å². The first-order valence-corrected chi connectivity index (χ1v) is 1.20. The average molecular weight is 70.1 g/mol. The van der Waals surface area contributed by atoms with Crippen LogP contribution in [0.2, 0.25) is 0 Å². The molecule has 5 heavy (non-hydrogen) atoms. The van der Waals surface area contributed by atoms with Gasteiger partial charge in [0.15, 0.2) is 0 Å². The van der Waals surface area contributed by atoms with E-state index in [1.165, 1.54) is 13.3 Å². The molecule has 0 bridgehead atoms. The smallest absolute Gasteiger partial charge is 0.244 e. The van der Waals surface area contributed by atoms with Crippen molar-refractivity contribution < 1.29 is 4.79 Å². The summed E-state index contributed by atoms with van der Waals surface area (Å²) in [5, 5.41) is 0. The summed E-state index contributed by atoms with van der Waals surface area (Å²) in [6.07, 6.45) is 2.55. The van der Waals surface area contributed by atoms with E-state index in [1.807, 2.05) is 0 Å². The molecule has 0 aliphatic heterocycles. The number of rotatable bonds is 1. The monoisotopic (exact) mass is 70.0 g/mol. The highest BCUT2D eigenvalue weighted by Gasteiger charge is 1.52. The van der Waals surface area contributed by atoms with Crippen molar-refractivity contribution in [2.45, 2.75) is 0 Å². The molecule has 0 aromatic carbocycles. The van der Waals surface area contributed by atoms with Crippen LogP contribution in [-0.2, 0) is 4.79 Å². The zero-order chi connectivity index (χ0) is 4.12. The highest BCUT2D eigenvalue weighted by atomic mass is 16.1. The topological polar surface area (TPSA) is 29.4 Å². The van der Waals surface area contributed by atoms with Gasteiger partial charge in [0.05, 0.1) is 6.21 Å². The molecule has 0 aromatic rings. The molecule has 1 radical (unpaired) electrons. The second-order valence-corrected chi connectivity index (χ2v) is 0.505. The quantitative estimate of drug-likeness (QED) is 0.393. The first-order valence-electron chi connectivity index (χ1n) is 1.20. The molecule has 0 aliphatic carbocycles. The minimum Gasteiger partial charge on any atom is -0.292 e. The lowest BCUT2D eigenvalue weighted by molar-refractivity contribution is 0.567. The zero-order valence-corrected chi connectivity index (χ0v) is 2.93. The summed E-state index contributed by atoms with van der Waals surface area (Å²) < 4.78 is 0. The maximum Gasteiger partial charge on any atom is 0.244 e. The molecule has 0 aliphatic rings. The van der Waals surface area contributed by atoms with Gasteiger partial charge in [0.25, 0.3) is 0 Å². The number of hydrogen-bond donors (Lipinski definition) is 0. The lowest BCUT2D eigenvalue weighted by atomic mass is 10.9. The van der Waals surface area contributed by atoms with E-state index in [1.54, 1.807) is 0 Å². The SMILES string of the molecule is CN=C[C]=O. The van der Waals surface area contributed by atoms with Crippen LogP contribution in [0.15, 0.2) is 4.99 Å². The highest BCUT2D eigenvalue weighted by molar-refractivity contribution is 6.13. The molecule has 0 rings (SSSR count). The van der Waals surface area contributed by atoms with Crippen LogP contribution in [0, 0.1) is 0 Å². The van der Waals surface area contributed by atoms with Crippen LogP contribution >= 0.6 is 0 Å².